The highest BCUT2D eigenvalue weighted by Gasteiger charge is 2.23. The number of carboxylic acid groups (broad SMARTS) is 1. The summed E-state index contributed by atoms with van der Waals surface area (Å²) >= 11 is 5.96. The Morgan fingerprint density at radius 2 is 1.47 bits per heavy atom. The van der Waals surface area contributed by atoms with E-state index in [1.165, 1.54) is 44.6 Å². The molecule has 0 atom stereocenters. The number of aromatic nitrogens is 1. The van der Waals surface area contributed by atoms with E-state index >= 15 is 0 Å². The van der Waals surface area contributed by atoms with Gasteiger partial charge in [0.05, 0.1) is 37.2 Å². The molecule has 0 fully saturated rings. The first-order chi connectivity index (χ1) is 18.2. The van der Waals surface area contributed by atoms with Crippen LogP contribution >= 0.6 is 11.6 Å². The molecule has 4 rings (SSSR count). The summed E-state index contributed by atoms with van der Waals surface area (Å²) < 4.78 is 10.4. The Morgan fingerprint density at radius 3 is 2.08 bits per heavy atom. The highest BCUT2D eigenvalue weighted by Crippen LogP contribution is 2.29. The summed E-state index contributed by atoms with van der Waals surface area (Å²) in [6, 6.07) is 19.1. The number of pyridine rings is 1. The van der Waals surface area contributed by atoms with Crippen LogP contribution in [0.2, 0.25) is 5.02 Å². The molecule has 3 aromatic carbocycles. The third-order valence-corrected chi connectivity index (χ3v) is 6.24. The zero-order valence-electron chi connectivity index (χ0n) is 20.8. The largest absolute Gasteiger partial charge is 0.497 e. The summed E-state index contributed by atoms with van der Waals surface area (Å²) in [5.41, 5.74) is 1.62. The first-order valence-electron chi connectivity index (χ1n) is 11.4. The first kappa shape index (κ1) is 26.4. The predicted octanol–water partition coefficient (Wildman–Crippen LogP) is 5.68. The van der Waals surface area contributed by atoms with Crippen LogP contribution in [0.25, 0.3) is 0 Å². The van der Waals surface area contributed by atoms with Gasteiger partial charge in [-0.3, -0.25) is 14.6 Å². The lowest BCUT2D eigenvalue weighted by Crippen LogP contribution is -2.14. The highest BCUT2D eigenvalue weighted by molar-refractivity contribution is 6.30. The van der Waals surface area contributed by atoms with Crippen molar-refractivity contribution in [1.29, 1.82) is 0 Å². The van der Waals surface area contributed by atoms with Crippen LogP contribution in [-0.2, 0) is 0 Å². The van der Waals surface area contributed by atoms with Gasteiger partial charge < -0.3 is 19.5 Å². The molecule has 0 spiro atoms. The minimum atomic E-state index is -1.34. The fourth-order valence-corrected chi connectivity index (χ4v) is 4.00. The summed E-state index contributed by atoms with van der Waals surface area (Å²) in [7, 11) is 4.74. The Labute approximate surface area is 224 Å². The highest BCUT2D eigenvalue weighted by atomic mass is 35.5. The average Bonchev–Trinajstić information content (AvgIpc) is 2.95. The molecule has 0 radical (unpaired) electrons. The van der Waals surface area contributed by atoms with Crippen LogP contribution < -0.4 is 14.4 Å². The number of ether oxygens (including phenoxy) is 2. The van der Waals surface area contributed by atoms with Crippen molar-refractivity contribution >= 4 is 40.5 Å². The fraction of sp³-hybridized carbons (Fsp3) is 0.103. The minimum absolute atomic E-state index is 0.0783. The van der Waals surface area contributed by atoms with Crippen LogP contribution in [0.1, 0.15) is 42.3 Å². The molecule has 0 aliphatic carbocycles. The number of carbonyl (C=O) groups is 3. The number of anilines is 2. The van der Waals surface area contributed by atoms with Gasteiger partial charge in [0.25, 0.3) is 0 Å². The summed E-state index contributed by atoms with van der Waals surface area (Å²) in [6.45, 7) is 0. The van der Waals surface area contributed by atoms with Gasteiger partial charge in [-0.1, -0.05) is 17.7 Å². The van der Waals surface area contributed by atoms with Crippen LogP contribution in [-0.4, -0.2) is 48.9 Å². The summed E-state index contributed by atoms with van der Waals surface area (Å²) in [6.07, 6.45) is 1.55. The van der Waals surface area contributed by atoms with Crippen molar-refractivity contribution in [2.24, 2.45) is 0 Å². The number of carboxylic acids is 1. The molecule has 0 aliphatic rings. The number of carbonyl (C=O) groups excluding carboxylic acids is 2. The standard InChI is InChI=1S/C29H23ClN2O6/c1-32(19-7-5-18(30)6-8-19)20-9-13-25(31-16-20)27(33)17-4-11-22(24(14-17)29(35)36)28(34)23-12-10-21(37-2)15-26(23)38-3/h4-16H,1-3H3,(H,35,36). The van der Waals surface area contributed by atoms with E-state index < -0.39 is 17.5 Å². The second-order valence-electron chi connectivity index (χ2n) is 8.23. The number of aromatic carboxylic acids is 1. The van der Waals surface area contributed by atoms with Crippen molar-refractivity contribution in [2.45, 2.75) is 0 Å². The Bertz CT molecular complexity index is 1520. The van der Waals surface area contributed by atoms with Crippen molar-refractivity contribution < 1.29 is 29.0 Å². The molecule has 1 heterocycles. The van der Waals surface area contributed by atoms with E-state index in [1.54, 1.807) is 36.5 Å². The van der Waals surface area contributed by atoms with E-state index in [9.17, 15) is 19.5 Å². The van der Waals surface area contributed by atoms with Crippen LogP contribution in [0.4, 0.5) is 11.4 Å². The lowest BCUT2D eigenvalue weighted by Gasteiger charge is -2.19. The van der Waals surface area contributed by atoms with Crippen LogP contribution in [0.15, 0.2) is 79.0 Å². The van der Waals surface area contributed by atoms with E-state index in [1.807, 2.05) is 24.1 Å². The van der Waals surface area contributed by atoms with Crippen molar-refractivity contribution in [2.75, 3.05) is 26.2 Å². The Hall–Kier alpha value is -4.69. The van der Waals surface area contributed by atoms with E-state index in [0.717, 1.165) is 11.4 Å². The number of benzene rings is 3. The number of halogens is 1. The molecule has 0 aliphatic heterocycles. The SMILES string of the molecule is COc1ccc(C(=O)c2ccc(C(=O)c3ccc(N(C)c4ccc(Cl)cc4)cn3)cc2C(=O)O)c(OC)c1. The van der Waals surface area contributed by atoms with Gasteiger partial charge in [0.1, 0.15) is 17.2 Å². The Balaban J connectivity index is 1.62. The molecular formula is C29H23ClN2O6. The Morgan fingerprint density at radius 1 is 0.789 bits per heavy atom. The molecule has 9 heteroatoms. The number of rotatable bonds is 9. The molecular weight excluding hydrogens is 508 g/mol. The number of nitrogens with zero attached hydrogens (tertiary/aromatic N) is 2. The molecule has 0 saturated carbocycles. The molecule has 4 aromatic rings. The van der Waals surface area contributed by atoms with Gasteiger partial charge in [0.2, 0.25) is 5.78 Å². The number of hydrogen-bond donors (Lipinski definition) is 1. The molecule has 1 N–H and O–H groups in total. The molecule has 0 bridgehead atoms. The van der Waals surface area contributed by atoms with Crippen molar-refractivity contribution in [3.05, 3.63) is 112 Å². The second-order valence-corrected chi connectivity index (χ2v) is 8.66. The van der Waals surface area contributed by atoms with E-state index in [4.69, 9.17) is 21.1 Å². The summed E-state index contributed by atoms with van der Waals surface area (Å²) in [4.78, 5) is 44.6. The maximum Gasteiger partial charge on any atom is 0.336 e. The van der Waals surface area contributed by atoms with E-state index in [-0.39, 0.29) is 33.7 Å². The quantitative estimate of drug-likeness (QED) is 0.275. The topological polar surface area (TPSA) is 106 Å². The van der Waals surface area contributed by atoms with Gasteiger partial charge in [-0.15, -0.1) is 0 Å². The zero-order valence-corrected chi connectivity index (χ0v) is 21.5. The fourth-order valence-electron chi connectivity index (χ4n) is 3.87. The van der Waals surface area contributed by atoms with Crippen molar-refractivity contribution in [1.82, 2.24) is 4.98 Å². The van der Waals surface area contributed by atoms with Gasteiger partial charge >= 0.3 is 5.97 Å². The molecule has 192 valence electrons. The zero-order chi connectivity index (χ0) is 27.4. The maximum atomic E-state index is 13.2. The molecule has 1 aromatic heterocycles. The minimum Gasteiger partial charge on any atom is -0.497 e. The molecule has 8 nitrogen and oxygen atoms in total. The van der Waals surface area contributed by atoms with E-state index in [2.05, 4.69) is 4.98 Å². The molecule has 0 saturated heterocycles. The first-order valence-corrected chi connectivity index (χ1v) is 11.8. The van der Waals surface area contributed by atoms with Gasteiger partial charge in [-0.05, 0) is 60.7 Å². The van der Waals surface area contributed by atoms with Crippen LogP contribution in [0.5, 0.6) is 11.5 Å². The number of hydrogen-bond acceptors (Lipinski definition) is 7. The monoisotopic (exact) mass is 530 g/mol. The summed E-state index contributed by atoms with van der Waals surface area (Å²) in [5, 5.41) is 10.4. The summed E-state index contributed by atoms with van der Waals surface area (Å²) in [5.74, 6) is -1.67. The molecule has 0 amide bonds. The second kappa shape index (κ2) is 11.1. The van der Waals surface area contributed by atoms with Crippen molar-refractivity contribution in [3.63, 3.8) is 0 Å². The normalized spacial score (nSPS) is 10.5. The lowest BCUT2D eigenvalue weighted by molar-refractivity contribution is 0.0692. The van der Waals surface area contributed by atoms with E-state index in [0.29, 0.717) is 10.8 Å². The lowest BCUT2D eigenvalue weighted by atomic mass is 9.94. The molecule has 0 unspecified atom stereocenters. The van der Waals surface area contributed by atoms with Crippen molar-refractivity contribution in [3.8, 4) is 11.5 Å². The third kappa shape index (κ3) is 5.35. The van der Waals surface area contributed by atoms with Gasteiger partial charge in [-0.25, -0.2) is 4.79 Å². The van der Waals surface area contributed by atoms with Gasteiger partial charge in [-0.2, -0.15) is 0 Å². The smallest absolute Gasteiger partial charge is 0.336 e. The Kier molecular flexibility index (Phi) is 7.74. The van der Waals surface area contributed by atoms with Gasteiger partial charge in [0, 0.05) is 35.0 Å². The van der Waals surface area contributed by atoms with Crippen LogP contribution in [0, 0.1) is 0 Å². The van der Waals surface area contributed by atoms with Gasteiger partial charge in [0.15, 0.2) is 5.78 Å². The number of methoxy groups -OCH3 is 2. The third-order valence-electron chi connectivity index (χ3n) is 5.99. The average molecular weight is 531 g/mol. The molecule has 38 heavy (non-hydrogen) atoms. The van der Waals surface area contributed by atoms with Crippen LogP contribution in [0.3, 0.4) is 0 Å². The number of ketones is 2. The predicted molar refractivity (Wildman–Crippen MR) is 144 cm³/mol. The maximum absolute atomic E-state index is 13.2.